The monoisotopic (exact) mass is 533 g/mol. The first kappa shape index (κ1) is 26.9. The van der Waals surface area contributed by atoms with Crippen molar-refractivity contribution in [3.63, 3.8) is 0 Å². The number of piperidine rings is 1. The molecule has 1 aliphatic rings. The molecule has 37 heavy (non-hydrogen) atoms. The molecule has 3 aromatic rings. The third-order valence-electron chi connectivity index (χ3n) is 6.77. The van der Waals surface area contributed by atoms with Crippen LogP contribution in [0.15, 0.2) is 29.1 Å². The Bertz CT molecular complexity index is 1420. The quantitative estimate of drug-likeness (QED) is 0.409. The second kappa shape index (κ2) is 9.59. The summed E-state index contributed by atoms with van der Waals surface area (Å²) >= 11 is 6.43. The SMILES string of the molecule is [C-]#[N+]c1cc(Cl)c(Nc2ccc3c(c2)n(CCC(C)(C)O)c(=O)n3C)nc1N1CC(C)C(F)(F)C(N)C1. The molecular weight excluding hydrogens is 504 g/mol. The summed E-state index contributed by atoms with van der Waals surface area (Å²) in [6.45, 7) is 12.5. The molecule has 12 heteroatoms. The number of aryl methyl sites for hydroxylation is 2. The van der Waals surface area contributed by atoms with E-state index in [-0.39, 0.29) is 41.1 Å². The average Bonchev–Trinajstić information content (AvgIpc) is 3.05. The number of hydrogen-bond donors (Lipinski definition) is 3. The number of pyridine rings is 1. The zero-order valence-electron chi connectivity index (χ0n) is 21.1. The van der Waals surface area contributed by atoms with Gasteiger partial charge in [0.15, 0.2) is 0 Å². The second-order valence-electron chi connectivity index (χ2n) is 10.2. The fourth-order valence-electron chi connectivity index (χ4n) is 4.52. The lowest BCUT2D eigenvalue weighted by molar-refractivity contribution is -0.0806. The van der Waals surface area contributed by atoms with Crippen LogP contribution in [-0.4, -0.2) is 49.9 Å². The maximum atomic E-state index is 14.3. The molecule has 1 saturated heterocycles. The predicted octanol–water partition coefficient (Wildman–Crippen LogP) is 4.26. The van der Waals surface area contributed by atoms with Crippen LogP contribution in [0, 0.1) is 12.5 Å². The molecule has 0 radical (unpaired) electrons. The number of aromatic nitrogens is 3. The summed E-state index contributed by atoms with van der Waals surface area (Å²) in [7, 11) is 1.68. The molecule has 2 aromatic heterocycles. The van der Waals surface area contributed by atoms with Crippen molar-refractivity contribution in [3.8, 4) is 0 Å². The van der Waals surface area contributed by atoms with Crippen molar-refractivity contribution in [1.82, 2.24) is 14.1 Å². The van der Waals surface area contributed by atoms with E-state index in [0.717, 1.165) is 0 Å². The molecule has 2 atom stereocenters. The van der Waals surface area contributed by atoms with Crippen molar-refractivity contribution < 1.29 is 13.9 Å². The Morgan fingerprint density at radius 1 is 1.32 bits per heavy atom. The molecule has 1 aromatic carbocycles. The van der Waals surface area contributed by atoms with Crippen molar-refractivity contribution in [2.24, 2.45) is 18.7 Å². The van der Waals surface area contributed by atoms with Crippen LogP contribution in [0.4, 0.5) is 31.8 Å². The van der Waals surface area contributed by atoms with Crippen LogP contribution in [-0.2, 0) is 13.6 Å². The lowest BCUT2D eigenvalue weighted by atomic mass is 9.91. The number of hydrogen-bond acceptors (Lipinski definition) is 6. The van der Waals surface area contributed by atoms with Crippen LogP contribution in [0.5, 0.6) is 0 Å². The number of nitrogens with zero attached hydrogens (tertiary/aromatic N) is 5. The van der Waals surface area contributed by atoms with Gasteiger partial charge in [-0.25, -0.2) is 23.4 Å². The number of anilines is 3. The summed E-state index contributed by atoms with van der Waals surface area (Å²) in [5.74, 6) is -3.58. The lowest BCUT2D eigenvalue weighted by Crippen LogP contribution is -2.60. The van der Waals surface area contributed by atoms with Crippen molar-refractivity contribution in [3.05, 3.63) is 51.2 Å². The number of alkyl halides is 2. The van der Waals surface area contributed by atoms with Gasteiger partial charge in [-0.05, 0) is 44.5 Å². The lowest BCUT2D eigenvalue weighted by Gasteiger charge is -2.41. The fraction of sp³-hybridized carbons (Fsp3) is 0.480. The van der Waals surface area contributed by atoms with Crippen molar-refractivity contribution in [1.29, 1.82) is 0 Å². The van der Waals surface area contributed by atoms with Gasteiger partial charge in [-0.3, -0.25) is 9.13 Å². The van der Waals surface area contributed by atoms with E-state index in [4.69, 9.17) is 23.9 Å². The van der Waals surface area contributed by atoms with Gasteiger partial charge >= 0.3 is 5.69 Å². The maximum absolute atomic E-state index is 14.3. The highest BCUT2D eigenvalue weighted by molar-refractivity contribution is 6.33. The minimum absolute atomic E-state index is 0.0131. The Kier molecular flexibility index (Phi) is 6.96. The molecule has 1 aliphatic heterocycles. The van der Waals surface area contributed by atoms with Gasteiger partial charge in [-0.2, -0.15) is 0 Å². The number of rotatable bonds is 6. The predicted molar refractivity (Wildman–Crippen MR) is 141 cm³/mol. The normalized spacial score (nSPS) is 19.7. The number of nitrogens with two attached hydrogens (primary N) is 1. The van der Waals surface area contributed by atoms with E-state index in [1.54, 1.807) is 48.6 Å². The van der Waals surface area contributed by atoms with Crippen molar-refractivity contribution in [2.75, 3.05) is 23.3 Å². The maximum Gasteiger partial charge on any atom is 0.328 e. The molecule has 1 fully saturated rings. The molecule has 0 saturated carbocycles. The molecule has 2 unspecified atom stereocenters. The van der Waals surface area contributed by atoms with E-state index < -0.39 is 23.5 Å². The molecule has 0 bridgehead atoms. The summed E-state index contributed by atoms with van der Waals surface area (Å²) in [5.41, 5.74) is 6.72. The summed E-state index contributed by atoms with van der Waals surface area (Å²) in [6, 6.07) is 5.38. The minimum atomic E-state index is -3.02. The van der Waals surface area contributed by atoms with E-state index in [1.807, 2.05) is 0 Å². The highest BCUT2D eigenvalue weighted by Crippen LogP contribution is 2.40. The van der Waals surface area contributed by atoms with Crippen molar-refractivity contribution in [2.45, 2.75) is 51.3 Å². The number of benzene rings is 1. The zero-order chi connectivity index (χ0) is 27.3. The van der Waals surface area contributed by atoms with E-state index in [2.05, 4.69) is 15.1 Å². The van der Waals surface area contributed by atoms with Crippen LogP contribution in [0.2, 0.25) is 5.02 Å². The number of aliphatic hydroxyl groups is 1. The third kappa shape index (κ3) is 5.14. The summed E-state index contributed by atoms with van der Waals surface area (Å²) in [4.78, 5) is 22.4. The van der Waals surface area contributed by atoms with Gasteiger partial charge in [0, 0.05) is 38.3 Å². The van der Waals surface area contributed by atoms with E-state index in [0.29, 0.717) is 29.7 Å². The largest absolute Gasteiger partial charge is 0.390 e. The van der Waals surface area contributed by atoms with Gasteiger partial charge in [-0.1, -0.05) is 18.5 Å². The Morgan fingerprint density at radius 3 is 2.65 bits per heavy atom. The van der Waals surface area contributed by atoms with Gasteiger partial charge < -0.3 is 21.1 Å². The van der Waals surface area contributed by atoms with Gasteiger partial charge in [-0.15, -0.1) is 0 Å². The Hall–Kier alpha value is -3.20. The summed E-state index contributed by atoms with van der Waals surface area (Å²) in [6.07, 6.45) is 0.383. The van der Waals surface area contributed by atoms with Crippen LogP contribution >= 0.6 is 11.6 Å². The van der Waals surface area contributed by atoms with Gasteiger partial charge in [0.2, 0.25) is 5.69 Å². The molecular formula is C25H30ClF2N7O2. The van der Waals surface area contributed by atoms with Crippen LogP contribution in [0.25, 0.3) is 15.9 Å². The molecule has 198 valence electrons. The fourth-order valence-corrected chi connectivity index (χ4v) is 4.72. The molecule has 4 N–H and O–H groups in total. The first-order valence-corrected chi connectivity index (χ1v) is 12.3. The molecule has 0 aliphatic carbocycles. The van der Waals surface area contributed by atoms with Gasteiger partial charge in [0.1, 0.15) is 11.6 Å². The standard InChI is InChI=1S/C25H30ClF2N7O2/c1-14-12-34(13-20(29)25(14,27)28)22-17(30-4)11-16(26)21(32-22)31-15-6-7-18-19(10-15)35(23(36)33(18)5)9-8-24(2,3)37/h6-7,10-11,14,20,37H,8-9,12-13,29H2,1-3,5H3,(H,31,32). The van der Waals surface area contributed by atoms with Gasteiger partial charge in [0.05, 0.1) is 34.3 Å². The summed E-state index contributed by atoms with van der Waals surface area (Å²) < 4.78 is 31.7. The molecule has 9 nitrogen and oxygen atoms in total. The van der Waals surface area contributed by atoms with E-state index >= 15 is 0 Å². The second-order valence-corrected chi connectivity index (χ2v) is 10.7. The highest BCUT2D eigenvalue weighted by atomic mass is 35.5. The highest BCUT2D eigenvalue weighted by Gasteiger charge is 2.48. The number of halogens is 3. The molecule has 0 spiro atoms. The minimum Gasteiger partial charge on any atom is -0.390 e. The first-order chi connectivity index (χ1) is 17.2. The number of nitrogens with one attached hydrogen (secondary N) is 1. The van der Waals surface area contributed by atoms with E-state index in [9.17, 15) is 18.7 Å². The smallest absolute Gasteiger partial charge is 0.328 e. The Labute approximate surface area is 218 Å². The average molecular weight is 534 g/mol. The first-order valence-electron chi connectivity index (χ1n) is 11.9. The Morgan fingerprint density at radius 2 is 2.03 bits per heavy atom. The molecule has 4 rings (SSSR count). The zero-order valence-corrected chi connectivity index (χ0v) is 21.9. The van der Waals surface area contributed by atoms with Crippen LogP contribution in [0.1, 0.15) is 27.2 Å². The molecule has 0 amide bonds. The van der Waals surface area contributed by atoms with Crippen LogP contribution < -0.4 is 21.6 Å². The third-order valence-corrected chi connectivity index (χ3v) is 7.06. The summed E-state index contributed by atoms with van der Waals surface area (Å²) in [5, 5.41) is 13.5. The topological polar surface area (TPSA) is 106 Å². The Balaban J connectivity index is 1.70. The van der Waals surface area contributed by atoms with Gasteiger partial charge in [0.25, 0.3) is 5.92 Å². The van der Waals surface area contributed by atoms with Crippen LogP contribution in [0.3, 0.4) is 0 Å². The van der Waals surface area contributed by atoms with Crippen molar-refractivity contribution >= 4 is 45.6 Å². The van der Waals surface area contributed by atoms with E-state index in [1.165, 1.54) is 17.6 Å². The molecule has 3 heterocycles. The number of imidazole rings is 1. The number of fused-ring (bicyclic) bond motifs is 1.